The predicted molar refractivity (Wildman–Crippen MR) is 89.4 cm³/mol. The molecule has 0 unspecified atom stereocenters. The number of hydrogen-bond donors (Lipinski definition) is 0. The van der Waals surface area contributed by atoms with Crippen molar-refractivity contribution in [1.29, 1.82) is 0 Å². The van der Waals surface area contributed by atoms with Crippen molar-refractivity contribution in [3.8, 4) is 0 Å². The van der Waals surface area contributed by atoms with Crippen molar-refractivity contribution < 1.29 is 22.4 Å². The normalized spacial score (nSPS) is 26.1. The summed E-state index contributed by atoms with van der Waals surface area (Å²) in [4.78, 5) is 18.5. The van der Waals surface area contributed by atoms with Crippen LogP contribution in [0.5, 0.6) is 0 Å². The van der Waals surface area contributed by atoms with Gasteiger partial charge in [-0.05, 0) is 17.7 Å². The molecule has 2 heterocycles. The summed E-state index contributed by atoms with van der Waals surface area (Å²) in [6.45, 7) is 2.78. The van der Waals surface area contributed by atoms with Gasteiger partial charge in [-0.15, -0.1) is 0 Å². The summed E-state index contributed by atoms with van der Waals surface area (Å²) in [7, 11) is -2.00. The van der Waals surface area contributed by atoms with Gasteiger partial charge in [0.25, 0.3) is 0 Å². The topological polar surface area (TPSA) is 70.2 Å². The summed E-state index contributed by atoms with van der Waals surface area (Å²) in [6.07, 6.45) is 0. The van der Waals surface area contributed by atoms with E-state index >= 15 is 0 Å². The lowest BCUT2D eigenvalue weighted by Crippen LogP contribution is -2.53. The van der Waals surface area contributed by atoms with Crippen molar-refractivity contribution in [2.24, 2.45) is 0 Å². The Balaban J connectivity index is 1.82. The van der Waals surface area contributed by atoms with Crippen LogP contribution in [0.15, 0.2) is 24.3 Å². The second-order valence-corrected chi connectivity index (χ2v) is 8.48. The standard InChI is InChI=1S/C16H22FN3O4S/c1-12(21)19-6-8-20(9-7-19)25(22,23)15-11-24-18(2)16(15)13-4-3-5-14(17)10-13/h3-5,10,15-16H,6-9,11H2,1-2H3/t15-,16-/m1/s1. The smallest absolute Gasteiger partial charge is 0.221 e. The molecule has 138 valence electrons. The van der Waals surface area contributed by atoms with E-state index in [9.17, 15) is 17.6 Å². The third-order valence-corrected chi connectivity index (χ3v) is 7.05. The van der Waals surface area contributed by atoms with E-state index in [-0.39, 0.29) is 25.6 Å². The summed E-state index contributed by atoms with van der Waals surface area (Å²) in [6, 6.07) is 5.35. The van der Waals surface area contributed by atoms with E-state index in [1.54, 1.807) is 24.1 Å². The first kappa shape index (κ1) is 18.2. The van der Waals surface area contributed by atoms with Gasteiger partial charge >= 0.3 is 0 Å². The van der Waals surface area contributed by atoms with Crippen LogP contribution in [-0.2, 0) is 19.7 Å². The number of amides is 1. The van der Waals surface area contributed by atoms with Crippen LogP contribution in [0.2, 0.25) is 0 Å². The first-order valence-electron chi connectivity index (χ1n) is 8.16. The van der Waals surface area contributed by atoms with E-state index in [2.05, 4.69) is 0 Å². The highest BCUT2D eigenvalue weighted by molar-refractivity contribution is 7.89. The number of carbonyl (C=O) groups is 1. The molecule has 0 aliphatic carbocycles. The molecule has 1 amide bonds. The zero-order chi connectivity index (χ0) is 18.2. The van der Waals surface area contributed by atoms with E-state index in [0.717, 1.165) is 0 Å². The van der Waals surface area contributed by atoms with E-state index in [0.29, 0.717) is 18.7 Å². The minimum absolute atomic E-state index is 0.0208. The first-order valence-corrected chi connectivity index (χ1v) is 9.66. The molecule has 0 radical (unpaired) electrons. The number of rotatable bonds is 3. The molecule has 0 N–H and O–H groups in total. The molecule has 3 rings (SSSR count). The van der Waals surface area contributed by atoms with Crippen LogP contribution in [0.1, 0.15) is 18.5 Å². The van der Waals surface area contributed by atoms with Gasteiger partial charge < -0.3 is 4.90 Å². The SMILES string of the molecule is CC(=O)N1CCN(S(=O)(=O)[C@@H]2CON(C)[C@@H]2c2cccc(F)c2)CC1. The van der Waals surface area contributed by atoms with Crippen molar-refractivity contribution in [3.63, 3.8) is 0 Å². The van der Waals surface area contributed by atoms with Crippen molar-refractivity contribution >= 4 is 15.9 Å². The number of piperazine rings is 1. The molecule has 1 aromatic rings. The van der Waals surface area contributed by atoms with Gasteiger partial charge in [0.05, 0.1) is 12.6 Å². The number of halogens is 1. The molecule has 0 spiro atoms. The highest BCUT2D eigenvalue weighted by Crippen LogP contribution is 2.35. The Labute approximate surface area is 147 Å². The molecule has 7 nitrogen and oxygen atoms in total. The Bertz CT molecular complexity index is 750. The Morgan fingerprint density at radius 1 is 1.24 bits per heavy atom. The van der Waals surface area contributed by atoms with Crippen LogP contribution in [-0.4, -0.2) is 73.7 Å². The van der Waals surface area contributed by atoms with Gasteiger partial charge in [0.15, 0.2) is 0 Å². The number of nitrogens with zero attached hydrogens (tertiary/aromatic N) is 3. The summed E-state index contributed by atoms with van der Waals surface area (Å²) in [5.41, 5.74) is 0.566. The molecular weight excluding hydrogens is 349 g/mol. The Kier molecular flexibility index (Phi) is 5.10. The van der Waals surface area contributed by atoms with Crippen LogP contribution in [0.25, 0.3) is 0 Å². The number of hydroxylamine groups is 2. The monoisotopic (exact) mass is 371 g/mol. The molecular formula is C16H22FN3O4S. The average Bonchev–Trinajstić information content (AvgIpc) is 2.97. The molecule has 2 fully saturated rings. The van der Waals surface area contributed by atoms with Crippen LogP contribution in [0.4, 0.5) is 4.39 Å². The van der Waals surface area contributed by atoms with Crippen LogP contribution in [0.3, 0.4) is 0 Å². The third kappa shape index (κ3) is 3.55. The Morgan fingerprint density at radius 3 is 2.52 bits per heavy atom. The minimum Gasteiger partial charge on any atom is -0.340 e. The fraction of sp³-hybridized carbons (Fsp3) is 0.562. The van der Waals surface area contributed by atoms with Crippen molar-refractivity contribution in [2.45, 2.75) is 18.2 Å². The van der Waals surface area contributed by atoms with Gasteiger partial charge in [-0.2, -0.15) is 9.37 Å². The van der Waals surface area contributed by atoms with E-state index in [4.69, 9.17) is 4.84 Å². The maximum atomic E-state index is 13.6. The van der Waals surface area contributed by atoms with E-state index in [1.165, 1.54) is 28.4 Å². The maximum Gasteiger partial charge on any atom is 0.221 e. The summed E-state index contributed by atoms with van der Waals surface area (Å²) in [5.74, 6) is -0.470. The lowest BCUT2D eigenvalue weighted by molar-refractivity contribution is -0.129. The van der Waals surface area contributed by atoms with Gasteiger partial charge in [-0.25, -0.2) is 12.8 Å². The van der Waals surface area contributed by atoms with Crippen molar-refractivity contribution in [2.75, 3.05) is 39.8 Å². The van der Waals surface area contributed by atoms with Gasteiger partial charge in [0.1, 0.15) is 11.1 Å². The molecule has 25 heavy (non-hydrogen) atoms. The van der Waals surface area contributed by atoms with E-state index in [1.807, 2.05) is 0 Å². The third-order valence-electron chi connectivity index (χ3n) is 4.80. The van der Waals surface area contributed by atoms with Crippen molar-refractivity contribution in [1.82, 2.24) is 14.3 Å². The van der Waals surface area contributed by atoms with Gasteiger partial charge in [0, 0.05) is 40.2 Å². The maximum absolute atomic E-state index is 13.6. The predicted octanol–water partition coefficient (Wildman–Crippen LogP) is 0.606. The number of hydrogen-bond acceptors (Lipinski definition) is 5. The van der Waals surface area contributed by atoms with Crippen LogP contribution < -0.4 is 0 Å². The van der Waals surface area contributed by atoms with Gasteiger partial charge in [-0.1, -0.05) is 12.1 Å². The fourth-order valence-corrected chi connectivity index (χ4v) is 5.35. The molecule has 0 saturated carbocycles. The summed E-state index contributed by atoms with van der Waals surface area (Å²) < 4.78 is 41.2. The highest BCUT2D eigenvalue weighted by Gasteiger charge is 2.46. The molecule has 9 heteroatoms. The summed E-state index contributed by atoms with van der Waals surface area (Å²) in [5, 5.41) is 0.659. The zero-order valence-corrected chi connectivity index (χ0v) is 15.1. The fourth-order valence-electron chi connectivity index (χ4n) is 3.41. The number of sulfonamides is 1. The second-order valence-electron chi connectivity index (χ2n) is 6.33. The second kappa shape index (κ2) is 6.99. The van der Waals surface area contributed by atoms with Crippen LogP contribution >= 0.6 is 0 Å². The quantitative estimate of drug-likeness (QED) is 0.779. The molecule has 2 aliphatic rings. The van der Waals surface area contributed by atoms with Crippen LogP contribution in [0, 0.1) is 5.82 Å². The molecule has 2 saturated heterocycles. The molecule has 0 bridgehead atoms. The number of carbonyl (C=O) groups excluding carboxylic acids is 1. The molecule has 2 aliphatic heterocycles. The lowest BCUT2D eigenvalue weighted by atomic mass is 10.0. The lowest BCUT2D eigenvalue weighted by Gasteiger charge is -2.35. The average molecular weight is 371 g/mol. The first-order chi connectivity index (χ1) is 11.8. The van der Waals surface area contributed by atoms with Gasteiger partial charge in [-0.3, -0.25) is 9.63 Å². The Morgan fingerprint density at radius 2 is 1.92 bits per heavy atom. The molecule has 1 aromatic carbocycles. The largest absolute Gasteiger partial charge is 0.340 e. The molecule has 2 atom stereocenters. The summed E-state index contributed by atoms with van der Waals surface area (Å²) >= 11 is 0. The Hall–Kier alpha value is -1.55. The number of benzene rings is 1. The van der Waals surface area contributed by atoms with Gasteiger partial charge in [0.2, 0.25) is 15.9 Å². The minimum atomic E-state index is -3.65. The molecule has 0 aromatic heterocycles. The zero-order valence-electron chi connectivity index (χ0n) is 14.3. The van der Waals surface area contributed by atoms with Crippen molar-refractivity contribution in [3.05, 3.63) is 35.6 Å². The van der Waals surface area contributed by atoms with E-state index < -0.39 is 27.1 Å². The highest BCUT2D eigenvalue weighted by atomic mass is 32.2.